The zero-order chi connectivity index (χ0) is 14.9. The van der Waals surface area contributed by atoms with Crippen LogP contribution in [0, 0.1) is 5.82 Å². The lowest BCUT2D eigenvalue weighted by Crippen LogP contribution is -2.27. The number of H-pyrrole nitrogens is 1. The highest BCUT2D eigenvalue weighted by Crippen LogP contribution is 2.23. The van der Waals surface area contributed by atoms with Crippen LogP contribution in [0.1, 0.15) is 19.4 Å². The van der Waals surface area contributed by atoms with Crippen LogP contribution in [0.4, 0.5) is 10.3 Å². The Bertz CT molecular complexity index is 747. The first-order chi connectivity index (χ1) is 10.0. The molecule has 1 heterocycles. The standard InChI is InChI=1S/C17H18FN3/c1-17(2,12-6-4-3-5-7-12)11-19-16-20-14-9-8-13(18)10-15(14)21-16/h3-10H,11H2,1-2H3,(H2,19,20,21). The quantitative estimate of drug-likeness (QED) is 0.757. The van der Waals surface area contributed by atoms with Gasteiger partial charge in [0, 0.05) is 12.0 Å². The first-order valence-corrected chi connectivity index (χ1v) is 6.99. The van der Waals surface area contributed by atoms with Crippen LogP contribution in [0.2, 0.25) is 0 Å². The molecule has 0 unspecified atom stereocenters. The van der Waals surface area contributed by atoms with Crippen LogP contribution in [0.5, 0.6) is 0 Å². The number of fused-ring (bicyclic) bond motifs is 1. The molecular formula is C17H18FN3. The normalized spacial score (nSPS) is 11.8. The predicted molar refractivity (Wildman–Crippen MR) is 84.0 cm³/mol. The Kier molecular flexibility index (Phi) is 3.37. The lowest BCUT2D eigenvalue weighted by Gasteiger charge is -2.25. The molecule has 0 saturated carbocycles. The molecule has 0 fully saturated rings. The van der Waals surface area contributed by atoms with Crippen molar-refractivity contribution in [3.05, 3.63) is 59.9 Å². The highest BCUT2D eigenvalue weighted by Gasteiger charge is 2.20. The number of rotatable bonds is 4. The fourth-order valence-corrected chi connectivity index (χ4v) is 2.36. The number of hydrogen-bond acceptors (Lipinski definition) is 2. The Morgan fingerprint density at radius 2 is 1.90 bits per heavy atom. The van der Waals surface area contributed by atoms with Gasteiger partial charge < -0.3 is 10.3 Å². The van der Waals surface area contributed by atoms with Gasteiger partial charge in [-0.05, 0) is 23.8 Å². The first kappa shape index (κ1) is 13.6. The van der Waals surface area contributed by atoms with Crippen molar-refractivity contribution in [2.75, 3.05) is 11.9 Å². The molecule has 3 aromatic rings. The van der Waals surface area contributed by atoms with Gasteiger partial charge in [-0.3, -0.25) is 0 Å². The Balaban J connectivity index is 1.77. The number of hydrogen-bond donors (Lipinski definition) is 2. The van der Waals surface area contributed by atoms with Crippen LogP contribution in [0.15, 0.2) is 48.5 Å². The average Bonchev–Trinajstić information content (AvgIpc) is 2.88. The van der Waals surface area contributed by atoms with E-state index in [1.807, 2.05) is 18.2 Å². The maximum atomic E-state index is 13.2. The van der Waals surface area contributed by atoms with Gasteiger partial charge in [0.15, 0.2) is 0 Å². The Morgan fingerprint density at radius 3 is 2.67 bits per heavy atom. The van der Waals surface area contributed by atoms with Gasteiger partial charge in [0.1, 0.15) is 5.82 Å². The minimum atomic E-state index is -0.262. The summed E-state index contributed by atoms with van der Waals surface area (Å²) in [5.41, 5.74) is 2.71. The average molecular weight is 283 g/mol. The fraction of sp³-hybridized carbons (Fsp3) is 0.235. The van der Waals surface area contributed by atoms with Crippen LogP contribution in [0.25, 0.3) is 11.0 Å². The molecule has 0 spiro atoms. The second-order valence-electron chi connectivity index (χ2n) is 5.85. The summed E-state index contributed by atoms with van der Waals surface area (Å²) in [5, 5.41) is 3.30. The van der Waals surface area contributed by atoms with Gasteiger partial charge in [-0.25, -0.2) is 9.37 Å². The Morgan fingerprint density at radius 1 is 1.14 bits per heavy atom. The molecule has 0 atom stereocenters. The van der Waals surface area contributed by atoms with E-state index < -0.39 is 0 Å². The minimum absolute atomic E-state index is 0.0223. The number of anilines is 1. The third-order valence-electron chi connectivity index (χ3n) is 3.70. The van der Waals surface area contributed by atoms with Crippen molar-refractivity contribution >= 4 is 17.0 Å². The molecule has 2 N–H and O–H groups in total. The molecule has 1 aromatic heterocycles. The maximum Gasteiger partial charge on any atom is 0.201 e. The molecule has 0 aliphatic rings. The largest absolute Gasteiger partial charge is 0.355 e. The van der Waals surface area contributed by atoms with Crippen LogP contribution < -0.4 is 5.32 Å². The van der Waals surface area contributed by atoms with Crippen molar-refractivity contribution in [3.63, 3.8) is 0 Å². The minimum Gasteiger partial charge on any atom is -0.355 e. The highest BCUT2D eigenvalue weighted by molar-refractivity contribution is 5.77. The zero-order valence-corrected chi connectivity index (χ0v) is 12.2. The Labute approximate surface area is 123 Å². The van der Waals surface area contributed by atoms with Gasteiger partial charge >= 0.3 is 0 Å². The summed E-state index contributed by atoms with van der Waals surface area (Å²) in [7, 11) is 0. The molecule has 108 valence electrons. The Hall–Kier alpha value is -2.36. The van der Waals surface area contributed by atoms with E-state index in [0.29, 0.717) is 11.5 Å². The van der Waals surface area contributed by atoms with Crippen molar-refractivity contribution in [1.82, 2.24) is 9.97 Å². The molecule has 3 rings (SSSR count). The smallest absolute Gasteiger partial charge is 0.201 e. The number of imidazole rings is 1. The van der Waals surface area contributed by atoms with Crippen LogP contribution in [0.3, 0.4) is 0 Å². The summed E-state index contributed by atoms with van der Waals surface area (Å²) in [6.45, 7) is 5.09. The number of halogens is 1. The number of aromatic amines is 1. The molecular weight excluding hydrogens is 265 g/mol. The molecule has 0 aliphatic carbocycles. The summed E-state index contributed by atoms with van der Waals surface area (Å²) in [6, 6.07) is 14.9. The van der Waals surface area contributed by atoms with Gasteiger partial charge in [0.25, 0.3) is 0 Å². The van der Waals surface area contributed by atoms with Crippen molar-refractivity contribution in [2.24, 2.45) is 0 Å². The molecule has 0 aliphatic heterocycles. The summed E-state index contributed by atoms with van der Waals surface area (Å²) in [4.78, 5) is 7.52. The monoisotopic (exact) mass is 283 g/mol. The topological polar surface area (TPSA) is 40.7 Å². The zero-order valence-electron chi connectivity index (χ0n) is 12.2. The maximum absolute atomic E-state index is 13.2. The second-order valence-corrected chi connectivity index (χ2v) is 5.85. The molecule has 4 heteroatoms. The summed E-state index contributed by atoms with van der Waals surface area (Å²) >= 11 is 0. The van der Waals surface area contributed by atoms with Crippen molar-refractivity contribution in [2.45, 2.75) is 19.3 Å². The third kappa shape index (κ3) is 2.89. The first-order valence-electron chi connectivity index (χ1n) is 6.99. The van der Waals surface area contributed by atoms with Gasteiger partial charge in [0.05, 0.1) is 11.0 Å². The second kappa shape index (κ2) is 5.20. The van der Waals surface area contributed by atoms with E-state index in [1.54, 1.807) is 6.07 Å². The van der Waals surface area contributed by atoms with Crippen LogP contribution in [-0.2, 0) is 5.41 Å². The van der Waals surface area contributed by atoms with E-state index in [9.17, 15) is 4.39 Å². The highest BCUT2D eigenvalue weighted by atomic mass is 19.1. The summed E-state index contributed by atoms with van der Waals surface area (Å²) < 4.78 is 13.2. The van der Waals surface area contributed by atoms with E-state index >= 15 is 0 Å². The number of aromatic nitrogens is 2. The molecule has 3 nitrogen and oxygen atoms in total. The lowest BCUT2D eigenvalue weighted by atomic mass is 9.85. The molecule has 2 aromatic carbocycles. The van der Waals surface area contributed by atoms with Gasteiger partial charge in [-0.15, -0.1) is 0 Å². The fourth-order valence-electron chi connectivity index (χ4n) is 2.36. The third-order valence-corrected chi connectivity index (χ3v) is 3.70. The van der Waals surface area contributed by atoms with E-state index in [4.69, 9.17) is 0 Å². The van der Waals surface area contributed by atoms with Crippen molar-refractivity contribution < 1.29 is 4.39 Å². The van der Waals surface area contributed by atoms with E-state index in [0.717, 1.165) is 12.1 Å². The van der Waals surface area contributed by atoms with E-state index in [-0.39, 0.29) is 11.2 Å². The van der Waals surface area contributed by atoms with Gasteiger partial charge in [0.2, 0.25) is 5.95 Å². The van der Waals surface area contributed by atoms with Crippen LogP contribution in [-0.4, -0.2) is 16.5 Å². The number of benzene rings is 2. The van der Waals surface area contributed by atoms with Gasteiger partial charge in [-0.1, -0.05) is 44.2 Å². The predicted octanol–water partition coefficient (Wildman–Crippen LogP) is 4.09. The SMILES string of the molecule is CC(C)(CNc1nc2ccc(F)cc2[nH]1)c1ccccc1. The summed E-state index contributed by atoms with van der Waals surface area (Å²) in [5.74, 6) is 0.405. The molecule has 0 saturated heterocycles. The van der Waals surface area contributed by atoms with E-state index in [2.05, 4.69) is 41.3 Å². The summed E-state index contributed by atoms with van der Waals surface area (Å²) in [6.07, 6.45) is 0. The number of nitrogens with zero attached hydrogens (tertiary/aromatic N) is 1. The van der Waals surface area contributed by atoms with E-state index in [1.165, 1.54) is 17.7 Å². The van der Waals surface area contributed by atoms with Crippen molar-refractivity contribution in [3.8, 4) is 0 Å². The lowest BCUT2D eigenvalue weighted by molar-refractivity contribution is 0.555. The molecule has 0 amide bonds. The molecule has 0 radical (unpaired) electrons. The van der Waals surface area contributed by atoms with Crippen molar-refractivity contribution in [1.29, 1.82) is 0 Å². The van der Waals surface area contributed by atoms with Gasteiger partial charge in [-0.2, -0.15) is 0 Å². The molecule has 0 bridgehead atoms. The number of nitrogens with one attached hydrogen (secondary N) is 2. The molecule has 21 heavy (non-hydrogen) atoms. The van der Waals surface area contributed by atoms with Crippen LogP contribution >= 0.6 is 0 Å².